The summed E-state index contributed by atoms with van der Waals surface area (Å²) in [5.41, 5.74) is 1.72. The molecule has 0 aliphatic carbocycles. The van der Waals surface area contributed by atoms with Gasteiger partial charge in [0.25, 0.3) is 5.91 Å². The Hall–Kier alpha value is -1.20. The molecule has 1 atom stereocenters. The number of nitrogens with zero attached hydrogens (tertiary/aromatic N) is 1. The van der Waals surface area contributed by atoms with Crippen LogP contribution in [0.3, 0.4) is 0 Å². The predicted molar refractivity (Wildman–Crippen MR) is 81.4 cm³/mol. The van der Waals surface area contributed by atoms with Gasteiger partial charge in [0.2, 0.25) is 0 Å². The molecule has 1 unspecified atom stereocenters. The maximum atomic E-state index is 13.3. The van der Waals surface area contributed by atoms with Crippen LogP contribution >= 0.6 is 27.3 Å². The highest BCUT2D eigenvalue weighted by atomic mass is 79.9. The average Bonchev–Trinajstić information content (AvgIpc) is 3.10. The number of hydrogen-bond acceptors (Lipinski definition) is 2. The molecule has 1 amide bonds. The van der Waals surface area contributed by atoms with Crippen LogP contribution in [0.1, 0.15) is 34.8 Å². The number of likely N-dealkylation sites (tertiary alicyclic amines) is 1. The van der Waals surface area contributed by atoms with Gasteiger partial charge in [0.05, 0.1) is 10.5 Å². The minimum Gasteiger partial charge on any atom is -0.332 e. The third-order valence-corrected chi connectivity index (χ3v) is 4.92. The van der Waals surface area contributed by atoms with Crippen molar-refractivity contribution in [1.29, 1.82) is 0 Å². The van der Waals surface area contributed by atoms with Crippen LogP contribution in [0, 0.1) is 5.82 Å². The quantitative estimate of drug-likeness (QED) is 0.770. The van der Waals surface area contributed by atoms with Gasteiger partial charge >= 0.3 is 0 Å². The lowest BCUT2D eigenvalue weighted by atomic mass is 10.1. The Morgan fingerprint density at radius 3 is 2.95 bits per heavy atom. The van der Waals surface area contributed by atoms with Gasteiger partial charge in [-0.3, -0.25) is 4.79 Å². The van der Waals surface area contributed by atoms with Gasteiger partial charge in [0.1, 0.15) is 5.82 Å². The molecule has 2 heterocycles. The van der Waals surface area contributed by atoms with Crippen molar-refractivity contribution in [3.8, 4) is 0 Å². The molecule has 3 rings (SSSR count). The Kier molecular flexibility index (Phi) is 3.89. The van der Waals surface area contributed by atoms with E-state index in [9.17, 15) is 9.18 Å². The summed E-state index contributed by atoms with van der Waals surface area (Å²) < 4.78 is 13.6. The van der Waals surface area contributed by atoms with Crippen LogP contribution in [-0.4, -0.2) is 17.4 Å². The molecule has 1 fully saturated rings. The Morgan fingerprint density at radius 1 is 1.40 bits per heavy atom. The van der Waals surface area contributed by atoms with E-state index in [1.807, 2.05) is 10.3 Å². The van der Waals surface area contributed by atoms with Crippen molar-refractivity contribution >= 4 is 33.2 Å². The van der Waals surface area contributed by atoms with Crippen LogP contribution < -0.4 is 0 Å². The number of rotatable bonds is 2. The molecule has 0 N–H and O–H groups in total. The third kappa shape index (κ3) is 2.52. The molecule has 1 aliphatic heterocycles. The van der Waals surface area contributed by atoms with Gasteiger partial charge in [0, 0.05) is 12.1 Å². The molecule has 2 aromatic rings. The average molecular weight is 354 g/mol. The van der Waals surface area contributed by atoms with Crippen molar-refractivity contribution < 1.29 is 9.18 Å². The van der Waals surface area contributed by atoms with E-state index < -0.39 is 0 Å². The summed E-state index contributed by atoms with van der Waals surface area (Å²) in [6.45, 7) is 0.758. The van der Waals surface area contributed by atoms with E-state index in [-0.39, 0.29) is 17.8 Å². The van der Waals surface area contributed by atoms with Crippen molar-refractivity contribution in [1.82, 2.24) is 4.90 Å². The zero-order chi connectivity index (χ0) is 14.1. The maximum absolute atomic E-state index is 13.3. The van der Waals surface area contributed by atoms with Gasteiger partial charge in [-0.05, 0) is 69.4 Å². The molecular weight excluding hydrogens is 341 g/mol. The Bertz CT molecular complexity index is 629. The molecule has 2 nitrogen and oxygen atoms in total. The SMILES string of the molecule is O=C(c1ccc(F)c(Br)c1)N1CCCC1c1ccsc1. The number of hydrogen-bond donors (Lipinski definition) is 0. The second kappa shape index (κ2) is 5.66. The zero-order valence-corrected chi connectivity index (χ0v) is 13.1. The lowest BCUT2D eigenvalue weighted by Gasteiger charge is -2.24. The van der Waals surface area contributed by atoms with E-state index in [0.29, 0.717) is 10.0 Å². The van der Waals surface area contributed by atoms with Crippen LogP contribution in [0.25, 0.3) is 0 Å². The van der Waals surface area contributed by atoms with E-state index in [0.717, 1.165) is 19.4 Å². The molecule has 0 saturated carbocycles. The summed E-state index contributed by atoms with van der Waals surface area (Å²) >= 11 is 4.78. The van der Waals surface area contributed by atoms with Gasteiger partial charge in [-0.15, -0.1) is 0 Å². The Morgan fingerprint density at radius 2 is 2.25 bits per heavy atom. The molecule has 1 aromatic heterocycles. The highest BCUT2D eigenvalue weighted by Gasteiger charge is 2.30. The fourth-order valence-corrected chi connectivity index (χ4v) is 3.70. The fraction of sp³-hybridized carbons (Fsp3) is 0.267. The van der Waals surface area contributed by atoms with Crippen molar-refractivity contribution in [3.05, 3.63) is 56.4 Å². The van der Waals surface area contributed by atoms with E-state index >= 15 is 0 Å². The summed E-state index contributed by atoms with van der Waals surface area (Å²) in [5.74, 6) is -0.378. The van der Waals surface area contributed by atoms with Crippen LogP contribution in [0.5, 0.6) is 0 Å². The standard InChI is InChI=1S/C15H13BrFNOS/c16-12-8-10(3-4-13(12)17)15(19)18-6-1-2-14(18)11-5-7-20-9-11/h3-5,7-9,14H,1-2,6H2. The van der Waals surface area contributed by atoms with Crippen LogP contribution in [-0.2, 0) is 0 Å². The number of benzene rings is 1. The highest BCUT2D eigenvalue weighted by Crippen LogP contribution is 2.34. The minimum atomic E-state index is -0.350. The van der Waals surface area contributed by atoms with Gasteiger partial charge in [-0.1, -0.05) is 0 Å². The summed E-state index contributed by atoms with van der Waals surface area (Å²) in [6, 6.07) is 6.65. The molecule has 104 valence electrons. The Labute approximate surface area is 129 Å². The largest absolute Gasteiger partial charge is 0.332 e. The van der Waals surface area contributed by atoms with E-state index in [4.69, 9.17) is 0 Å². The molecule has 20 heavy (non-hydrogen) atoms. The number of amides is 1. The third-order valence-electron chi connectivity index (χ3n) is 3.61. The van der Waals surface area contributed by atoms with Crippen molar-refractivity contribution in [2.75, 3.05) is 6.54 Å². The lowest BCUT2D eigenvalue weighted by Crippen LogP contribution is -2.30. The highest BCUT2D eigenvalue weighted by molar-refractivity contribution is 9.10. The van der Waals surface area contributed by atoms with Crippen LogP contribution in [0.15, 0.2) is 39.5 Å². The molecule has 0 spiro atoms. The lowest BCUT2D eigenvalue weighted by molar-refractivity contribution is 0.0736. The van der Waals surface area contributed by atoms with Crippen molar-refractivity contribution in [3.63, 3.8) is 0 Å². The number of thiophene rings is 1. The second-order valence-electron chi connectivity index (χ2n) is 4.84. The Balaban J connectivity index is 1.87. The molecular formula is C15H13BrFNOS. The molecule has 1 saturated heterocycles. The maximum Gasteiger partial charge on any atom is 0.254 e. The predicted octanol–water partition coefficient (Wildman–Crippen LogP) is 4.63. The van der Waals surface area contributed by atoms with Gasteiger partial charge in [-0.25, -0.2) is 4.39 Å². The van der Waals surface area contributed by atoms with Crippen LogP contribution in [0.4, 0.5) is 4.39 Å². The zero-order valence-electron chi connectivity index (χ0n) is 10.7. The minimum absolute atomic E-state index is 0.0283. The van der Waals surface area contributed by atoms with E-state index in [1.165, 1.54) is 11.6 Å². The summed E-state index contributed by atoms with van der Waals surface area (Å²) in [4.78, 5) is 14.5. The fourth-order valence-electron chi connectivity index (χ4n) is 2.62. The first-order valence-electron chi connectivity index (χ1n) is 6.45. The first kappa shape index (κ1) is 13.8. The van der Waals surface area contributed by atoms with Crippen LogP contribution in [0.2, 0.25) is 0 Å². The van der Waals surface area contributed by atoms with Gasteiger partial charge < -0.3 is 4.90 Å². The second-order valence-corrected chi connectivity index (χ2v) is 6.48. The first-order valence-corrected chi connectivity index (χ1v) is 8.18. The van der Waals surface area contributed by atoms with Crippen molar-refractivity contribution in [2.45, 2.75) is 18.9 Å². The molecule has 0 radical (unpaired) electrons. The van der Waals surface area contributed by atoms with E-state index in [2.05, 4.69) is 27.4 Å². The smallest absolute Gasteiger partial charge is 0.254 e. The molecule has 1 aliphatic rings. The topological polar surface area (TPSA) is 20.3 Å². The van der Waals surface area contributed by atoms with Gasteiger partial charge in [-0.2, -0.15) is 11.3 Å². The van der Waals surface area contributed by atoms with Gasteiger partial charge in [0.15, 0.2) is 0 Å². The number of halogens is 2. The number of carbonyl (C=O) groups is 1. The summed E-state index contributed by atoms with van der Waals surface area (Å²) in [7, 11) is 0. The summed E-state index contributed by atoms with van der Waals surface area (Å²) in [6.07, 6.45) is 2.00. The molecule has 1 aromatic carbocycles. The monoisotopic (exact) mass is 353 g/mol. The molecule has 5 heteroatoms. The normalized spacial score (nSPS) is 18.5. The molecule has 0 bridgehead atoms. The number of carbonyl (C=O) groups excluding carboxylic acids is 1. The van der Waals surface area contributed by atoms with Crippen molar-refractivity contribution in [2.24, 2.45) is 0 Å². The first-order chi connectivity index (χ1) is 9.66. The van der Waals surface area contributed by atoms with E-state index in [1.54, 1.807) is 23.5 Å². The summed E-state index contributed by atoms with van der Waals surface area (Å²) in [5, 5.41) is 4.13.